The van der Waals surface area contributed by atoms with Crippen LogP contribution in [0, 0.1) is 20.8 Å². The number of rotatable bonds is 0. The van der Waals surface area contributed by atoms with Gasteiger partial charge in [-0.05, 0) is 32.4 Å². The number of nitrogens with zero attached hydrogens (tertiary/aromatic N) is 2. The van der Waals surface area contributed by atoms with E-state index in [1.165, 1.54) is 0 Å². The summed E-state index contributed by atoms with van der Waals surface area (Å²) in [5.74, 6) is 0. The van der Waals surface area contributed by atoms with E-state index in [1.54, 1.807) is 11.3 Å². The summed E-state index contributed by atoms with van der Waals surface area (Å²) in [4.78, 5) is 16.2. The summed E-state index contributed by atoms with van der Waals surface area (Å²) in [6.45, 7) is 5.62. The molecule has 0 N–H and O–H groups in total. The van der Waals surface area contributed by atoms with E-state index in [9.17, 15) is 4.79 Å². The van der Waals surface area contributed by atoms with Crippen LogP contribution in [0.15, 0.2) is 23.1 Å². The van der Waals surface area contributed by atoms with Gasteiger partial charge in [-0.3, -0.25) is 9.20 Å². The smallest absolute Gasteiger partial charge is 0.261 e. The second kappa shape index (κ2) is 2.94. The number of aromatic nitrogens is 2. The van der Waals surface area contributed by atoms with E-state index < -0.39 is 0 Å². The van der Waals surface area contributed by atoms with E-state index in [0.717, 1.165) is 11.3 Å². The van der Waals surface area contributed by atoms with Gasteiger partial charge < -0.3 is 0 Å². The lowest BCUT2D eigenvalue weighted by Crippen LogP contribution is -2.19. The largest absolute Gasteiger partial charge is 0.269 e. The van der Waals surface area contributed by atoms with Crippen molar-refractivity contribution < 1.29 is 0 Å². The van der Waals surface area contributed by atoms with E-state index in [2.05, 4.69) is 4.98 Å². The highest BCUT2D eigenvalue weighted by Crippen LogP contribution is 2.04. The van der Waals surface area contributed by atoms with Crippen LogP contribution in [0.5, 0.6) is 0 Å². The third kappa shape index (κ3) is 1.21. The van der Waals surface area contributed by atoms with Crippen molar-refractivity contribution in [3.63, 3.8) is 0 Å². The van der Waals surface area contributed by atoms with Gasteiger partial charge in [-0.15, -0.1) is 0 Å². The third-order valence-corrected chi connectivity index (χ3v) is 2.44. The highest BCUT2D eigenvalue weighted by atomic mass is 16.1. The fourth-order valence-corrected chi connectivity index (χ4v) is 1.44. The minimum absolute atomic E-state index is 0.0243. The summed E-state index contributed by atoms with van der Waals surface area (Å²) < 4.78 is 1.59. The zero-order valence-corrected chi connectivity index (χ0v) is 8.53. The molecular formula is C11H12N2O. The van der Waals surface area contributed by atoms with Gasteiger partial charge in [0.2, 0.25) is 0 Å². The number of hydrogen-bond donors (Lipinski definition) is 0. The molecule has 2 aromatic rings. The molecule has 2 rings (SSSR count). The second-order valence-corrected chi connectivity index (χ2v) is 3.56. The maximum Gasteiger partial charge on any atom is 0.261 e. The van der Waals surface area contributed by atoms with Gasteiger partial charge in [0.1, 0.15) is 5.65 Å². The molecule has 0 aliphatic heterocycles. The van der Waals surface area contributed by atoms with E-state index >= 15 is 0 Å². The van der Waals surface area contributed by atoms with E-state index in [-0.39, 0.29) is 5.56 Å². The van der Waals surface area contributed by atoms with Crippen molar-refractivity contribution in [3.05, 3.63) is 45.5 Å². The maximum atomic E-state index is 11.8. The van der Waals surface area contributed by atoms with Gasteiger partial charge in [-0.1, -0.05) is 6.07 Å². The standard InChI is InChI=1S/C11H12N2O/c1-7-4-5-10-12-9(3)8(2)11(14)13(10)6-7/h4-6H,1-3H3. The van der Waals surface area contributed by atoms with Crippen LogP contribution in [0.2, 0.25) is 0 Å². The van der Waals surface area contributed by atoms with Crippen molar-refractivity contribution in [2.75, 3.05) is 0 Å². The number of fused-ring (bicyclic) bond motifs is 1. The Morgan fingerprint density at radius 3 is 2.64 bits per heavy atom. The molecule has 0 radical (unpaired) electrons. The molecule has 0 bridgehead atoms. The van der Waals surface area contributed by atoms with Gasteiger partial charge >= 0.3 is 0 Å². The number of hydrogen-bond acceptors (Lipinski definition) is 2. The Labute approximate surface area is 82.0 Å². The minimum Gasteiger partial charge on any atom is -0.269 e. The average molecular weight is 188 g/mol. The molecule has 0 aliphatic rings. The first kappa shape index (κ1) is 8.94. The normalized spacial score (nSPS) is 10.8. The fourth-order valence-electron chi connectivity index (χ4n) is 1.44. The van der Waals surface area contributed by atoms with Gasteiger partial charge in [0, 0.05) is 17.5 Å². The van der Waals surface area contributed by atoms with E-state index in [1.807, 2.05) is 32.2 Å². The molecule has 0 amide bonds. The van der Waals surface area contributed by atoms with Crippen molar-refractivity contribution in [2.24, 2.45) is 0 Å². The Kier molecular flexibility index (Phi) is 1.88. The molecule has 0 fully saturated rings. The zero-order valence-electron chi connectivity index (χ0n) is 8.53. The Morgan fingerprint density at radius 1 is 1.21 bits per heavy atom. The van der Waals surface area contributed by atoms with Crippen LogP contribution in [0.3, 0.4) is 0 Å². The summed E-state index contributed by atoms with van der Waals surface area (Å²) >= 11 is 0. The summed E-state index contributed by atoms with van der Waals surface area (Å²) in [5.41, 5.74) is 3.32. The van der Waals surface area contributed by atoms with Crippen molar-refractivity contribution in [1.82, 2.24) is 9.38 Å². The van der Waals surface area contributed by atoms with Crippen LogP contribution < -0.4 is 5.56 Å². The Morgan fingerprint density at radius 2 is 1.93 bits per heavy atom. The van der Waals surface area contributed by atoms with Gasteiger partial charge in [0.05, 0.1) is 0 Å². The van der Waals surface area contributed by atoms with Crippen LogP contribution in [-0.2, 0) is 0 Å². The molecule has 3 heteroatoms. The molecule has 0 aromatic carbocycles. The molecule has 0 saturated carbocycles. The van der Waals surface area contributed by atoms with Crippen LogP contribution in [0.1, 0.15) is 16.8 Å². The fraction of sp³-hybridized carbons (Fsp3) is 0.273. The zero-order chi connectivity index (χ0) is 10.3. The molecule has 0 saturated heterocycles. The highest BCUT2D eigenvalue weighted by molar-refractivity contribution is 5.41. The predicted molar refractivity (Wildman–Crippen MR) is 55.7 cm³/mol. The highest BCUT2D eigenvalue weighted by Gasteiger charge is 2.04. The molecule has 0 spiro atoms. The SMILES string of the molecule is Cc1ccc2nc(C)c(C)c(=O)n2c1. The van der Waals surface area contributed by atoms with Crippen molar-refractivity contribution in [3.8, 4) is 0 Å². The Bertz CT molecular complexity index is 555. The predicted octanol–water partition coefficient (Wildman–Crippen LogP) is 1.62. The third-order valence-electron chi connectivity index (χ3n) is 2.44. The first-order valence-corrected chi connectivity index (χ1v) is 4.56. The first-order valence-electron chi connectivity index (χ1n) is 4.56. The molecule has 0 unspecified atom stereocenters. The molecular weight excluding hydrogens is 176 g/mol. The molecule has 14 heavy (non-hydrogen) atoms. The monoisotopic (exact) mass is 188 g/mol. The summed E-state index contributed by atoms with van der Waals surface area (Å²) in [6, 6.07) is 3.82. The van der Waals surface area contributed by atoms with Crippen LogP contribution in [0.25, 0.3) is 5.65 Å². The lowest BCUT2D eigenvalue weighted by atomic mass is 10.2. The lowest BCUT2D eigenvalue weighted by Gasteiger charge is -2.04. The van der Waals surface area contributed by atoms with Gasteiger partial charge in [0.25, 0.3) is 5.56 Å². The van der Waals surface area contributed by atoms with Crippen molar-refractivity contribution in [1.29, 1.82) is 0 Å². The van der Waals surface area contributed by atoms with Crippen LogP contribution in [0.4, 0.5) is 0 Å². The maximum absolute atomic E-state index is 11.8. The molecule has 2 heterocycles. The van der Waals surface area contributed by atoms with E-state index in [4.69, 9.17) is 0 Å². The van der Waals surface area contributed by atoms with Gasteiger partial charge in [-0.25, -0.2) is 4.98 Å². The van der Waals surface area contributed by atoms with Crippen molar-refractivity contribution >= 4 is 5.65 Å². The van der Waals surface area contributed by atoms with Gasteiger partial charge in [-0.2, -0.15) is 0 Å². The summed E-state index contributed by atoms with van der Waals surface area (Å²) in [7, 11) is 0. The topological polar surface area (TPSA) is 34.4 Å². The lowest BCUT2D eigenvalue weighted by molar-refractivity contribution is 0.976. The Balaban J connectivity index is 2.99. The number of aryl methyl sites for hydroxylation is 2. The number of pyridine rings is 1. The van der Waals surface area contributed by atoms with E-state index in [0.29, 0.717) is 11.2 Å². The minimum atomic E-state index is 0.0243. The average Bonchev–Trinajstić information content (AvgIpc) is 2.16. The second-order valence-electron chi connectivity index (χ2n) is 3.56. The molecule has 72 valence electrons. The first-order chi connectivity index (χ1) is 6.59. The molecule has 2 aromatic heterocycles. The van der Waals surface area contributed by atoms with Crippen LogP contribution >= 0.6 is 0 Å². The molecule has 3 nitrogen and oxygen atoms in total. The van der Waals surface area contributed by atoms with Crippen molar-refractivity contribution in [2.45, 2.75) is 20.8 Å². The summed E-state index contributed by atoms with van der Waals surface area (Å²) in [6.07, 6.45) is 1.82. The Hall–Kier alpha value is -1.64. The molecule has 0 aliphatic carbocycles. The molecule has 0 atom stereocenters. The quantitative estimate of drug-likeness (QED) is 0.629. The van der Waals surface area contributed by atoms with Crippen LogP contribution in [-0.4, -0.2) is 9.38 Å². The summed E-state index contributed by atoms with van der Waals surface area (Å²) in [5, 5.41) is 0. The van der Waals surface area contributed by atoms with Gasteiger partial charge in [0.15, 0.2) is 0 Å².